The quantitative estimate of drug-likeness (QED) is 0.242. The van der Waals surface area contributed by atoms with E-state index >= 15 is 0 Å². The van der Waals surface area contributed by atoms with Crippen molar-refractivity contribution in [1.82, 2.24) is 14.8 Å². The molecule has 0 atom stereocenters. The molecule has 6 heteroatoms. The summed E-state index contributed by atoms with van der Waals surface area (Å²) >= 11 is 3.60. The van der Waals surface area contributed by atoms with Gasteiger partial charge in [-0.2, -0.15) is 0 Å². The summed E-state index contributed by atoms with van der Waals surface area (Å²) in [7, 11) is 0. The van der Waals surface area contributed by atoms with Gasteiger partial charge < -0.3 is 15.0 Å². The highest BCUT2D eigenvalue weighted by atomic mass is 79.9. The van der Waals surface area contributed by atoms with Crippen LogP contribution in [0.1, 0.15) is 86.3 Å². The van der Waals surface area contributed by atoms with Crippen molar-refractivity contribution in [3.63, 3.8) is 0 Å². The van der Waals surface area contributed by atoms with Crippen molar-refractivity contribution in [3.05, 3.63) is 57.7 Å². The second kappa shape index (κ2) is 12.8. The second-order valence-corrected chi connectivity index (χ2v) is 10.9. The molecule has 0 unspecified atom stereocenters. The number of phenols is 1. The number of nitrogens with one attached hydrogen (secondary N) is 1. The zero-order chi connectivity index (χ0) is 25.5. The average molecular weight is 555 g/mol. The number of fused-ring (bicyclic) bond motifs is 1. The van der Waals surface area contributed by atoms with E-state index in [0.717, 1.165) is 53.8 Å². The Bertz CT molecular complexity index is 1170. The topological polar surface area (TPSA) is 57.5 Å². The second-order valence-electron chi connectivity index (χ2n) is 10.1. The van der Waals surface area contributed by atoms with Crippen LogP contribution in [0.15, 0.2) is 40.9 Å². The molecule has 0 radical (unpaired) electrons. The van der Waals surface area contributed by atoms with Crippen LogP contribution in [-0.4, -0.2) is 40.1 Å². The van der Waals surface area contributed by atoms with E-state index in [-0.39, 0.29) is 11.7 Å². The van der Waals surface area contributed by atoms with Gasteiger partial charge in [0.2, 0.25) is 0 Å². The Hall–Kier alpha value is -2.31. The number of nitrogens with zero attached hydrogens (tertiary/aromatic N) is 2. The third-order valence-electron chi connectivity index (χ3n) is 7.41. The fourth-order valence-electron chi connectivity index (χ4n) is 5.48. The van der Waals surface area contributed by atoms with Crippen LogP contribution < -0.4 is 5.32 Å². The number of hydrogen-bond donors (Lipinski definition) is 2. The number of rotatable bonds is 11. The monoisotopic (exact) mass is 553 g/mol. The molecular weight excluding hydrogens is 514 g/mol. The van der Waals surface area contributed by atoms with E-state index in [1.165, 1.54) is 44.9 Å². The first-order valence-electron chi connectivity index (χ1n) is 13.6. The van der Waals surface area contributed by atoms with E-state index in [4.69, 9.17) is 0 Å². The zero-order valence-corrected chi connectivity index (χ0v) is 23.4. The third kappa shape index (κ3) is 5.97. The molecule has 0 spiro atoms. The number of carbonyl (C=O) groups excluding carboxylic acids is 1. The first-order valence-corrected chi connectivity index (χ1v) is 14.4. The SMILES string of the molecule is CCCCCCCCNC(=O)c1c(C)n(-c2ccccc2)c2cc(Br)c(O)c(CN3CCCCC3)c12. The molecule has 194 valence electrons. The Balaban J connectivity index is 1.72. The summed E-state index contributed by atoms with van der Waals surface area (Å²) in [6.07, 6.45) is 10.7. The number of phenolic OH excluding ortho intramolecular Hbond substituents is 1. The molecular formula is C30H40BrN3O2. The third-order valence-corrected chi connectivity index (χ3v) is 8.01. The molecule has 36 heavy (non-hydrogen) atoms. The van der Waals surface area contributed by atoms with E-state index in [9.17, 15) is 9.90 Å². The van der Waals surface area contributed by atoms with Crippen molar-refractivity contribution in [2.75, 3.05) is 19.6 Å². The van der Waals surface area contributed by atoms with Crippen LogP contribution in [0, 0.1) is 6.92 Å². The van der Waals surface area contributed by atoms with Gasteiger partial charge in [-0.25, -0.2) is 0 Å². The van der Waals surface area contributed by atoms with Gasteiger partial charge in [0.15, 0.2) is 0 Å². The van der Waals surface area contributed by atoms with Gasteiger partial charge in [0.25, 0.3) is 5.91 Å². The smallest absolute Gasteiger partial charge is 0.253 e. The Morgan fingerprint density at radius 3 is 2.44 bits per heavy atom. The van der Waals surface area contributed by atoms with Gasteiger partial charge in [-0.3, -0.25) is 9.69 Å². The van der Waals surface area contributed by atoms with Gasteiger partial charge in [-0.15, -0.1) is 0 Å². The van der Waals surface area contributed by atoms with Gasteiger partial charge in [0, 0.05) is 35.4 Å². The maximum atomic E-state index is 13.7. The van der Waals surface area contributed by atoms with Crippen LogP contribution in [0.2, 0.25) is 0 Å². The van der Waals surface area contributed by atoms with Crippen LogP contribution in [0.3, 0.4) is 0 Å². The molecule has 2 aromatic carbocycles. The zero-order valence-electron chi connectivity index (χ0n) is 21.8. The summed E-state index contributed by atoms with van der Waals surface area (Å²) < 4.78 is 2.81. The Morgan fingerprint density at radius 2 is 1.72 bits per heavy atom. The van der Waals surface area contributed by atoms with Crippen molar-refractivity contribution >= 4 is 32.7 Å². The number of carbonyl (C=O) groups is 1. The summed E-state index contributed by atoms with van der Waals surface area (Å²) in [6, 6.07) is 12.1. The average Bonchev–Trinajstić information content (AvgIpc) is 3.18. The predicted molar refractivity (Wildman–Crippen MR) is 152 cm³/mol. The fourth-order valence-corrected chi connectivity index (χ4v) is 5.94. The number of unbranched alkanes of at least 4 members (excludes halogenated alkanes) is 5. The molecule has 1 amide bonds. The molecule has 1 fully saturated rings. The molecule has 2 heterocycles. The molecule has 0 aliphatic carbocycles. The number of para-hydroxylation sites is 1. The lowest BCUT2D eigenvalue weighted by Crippen LogP contribution is -2.29. The minimum atomic E-state index is -0.0534. The van der Waals surface area contributed by atoms with E-state index in [1.54, 1.807) is 0 Å². The normalized spacial score (nSPS) is 14.4. The minimum absolute atomic E-state index is 0.0534. The van der Waals surface area contributed by atoms with Crippen molar-refractivity contribution in [2.24, 2.45) is 0 Å². The largest absolute Gasteiger partial charge is 0.506 e. The molecule has 4 rings (SSSR count). The molecule has 1 aliphatic rings. The predicted octanol–water partition coefficient (Wildman–Crippen LogP) is 7.48. The summed E-state index contributed by atoms with van der Waals surface area (Å²) in [5, 5.41) is 15.3. The summed E-state index contributed by atoms with van der Waals surface area (Å²) in [4.78, 5) is 16.1. The van der Waals surface area contributed by atoms with Gasteiger partial charge in [-0.05, 0) is 73.4 Å². The van der Waals surface area contributed by atoms with Crippen molar-refractivity contribution in [3.8, 4) is 11.4 Å². The van der Waals surface area contributed by atoms with E-state index in [2.05, 4.69) is 49.8 Å². The van der Waals surface area contributed by atoms with Crippen molar-refractivity contribution < 1.29 is 9.90 Å². The fraction of sp³-hybridized carbons (Fsp3) is 0.500. The Kier molecular flexibility index (Phi) is 9.49. The first-order chi connectivity index (χ1) is 17.5. The maximum Gasteiger partial charge on any atom is 0.253 e. The number of piperidine rings is 1. The molecule has 2 N–H and O–H groups in total. The van der Waals surface area contributed by atoms with Crippen LogP contribution >= 0.6 is 15.9 Å². The van der Waals surface area contributed by atoms with Crippen molar-refractivity contribution in [2.45, 2.75) is 78.2 Å². The van der Waals surface area contributed by atoms with Gasteiger partial charge in [-0.1, -0.05) is 63.6 Å². The van der Waals surface area contributed by atoms with Gasteiger partial charge in [0.1, 0.15) is 5.75 Å². The van der Waals surface area contributed by atoms with Gasteiger partial charge in [0.05, 0.1) is 15.6 Å². The molecule has 0 saturated carbocycles. The number of hydrogen-bond acceptors (Lipinski definition) is 3. The number of aromatic hydroxyl groups is 1. The highest BCUT2D eigenvalue weighted by Gasteiger charge is 2.27. The number of amides is 1. The number of likely N-dealkylation sites (tertiary alicyclic amines) is 1. The number of benzene rings is 2. The van der Waals surface area contributed by atoms with Crippen molar-refractivity contribution in [1.29, 1.82) is 0 Å². The Labute approximate surface area is 224 Å². The number of halogens is 1. The van der Waals surface area contributed by atoms with Crippen LogP contribution in [0.5, 0.6) is 5.75 Å². The minimum Gasteiger partial charge on any atom is -0.506 e. The molecule has 5 nitrogen and oxygen atoms in total. The number of aromatic nitrogens is 1. The summed E-state index contributed by atoms with van der Waals surface area (Å²) in [6.45, 7) is 7.59. The highest BCUT2D eigenvalue weighted by molar-refractivity contribution is 9.10. The van der Waals surface area contributed by atoms with E-state index in [0.29, 0.717) is 23.1 Å². The standard InChI is InChI=1S/C30H40BrN3O2/c1-3-4-5-6-7-12-17-32-30(36)27-22(2)34(23-15-10-8-11-16-23)26-20-25(31)29(35)24(28(26)27)21-33-18-13-9-14-19-33/h8,10-11,15-16,20,35H,3-7,9,12-14,17-19,21H2,1-2H3,(H,32,36). The maximum absolute atomic E-state index is 13.7. The molecule has 1 saturated heterocycles. The summed E-state index contributed by atoms with van der Waals surface area (Å²) in [5.41, 5.74) is 4.36. The van der Waals surface area contributed by atoms with Gasteiger partial charge >= 0.3 is 0 Å². The molecule has 1 aromatic heterocycles. The lowest BCUT2D eigenvalue weighted by molar-refractivity contribution is 0.0953. The van der Waals surface area contributed by atoms with E-state index in [1.807, 2.05) is 31.2 Å². The Morgan fingerprint density at radius 1 is 1.03 bits per heavy atom. The van der Waals surface area contributed by atoms with Crippen LogP contribution in [-0.2, 0) is 6.54 Å². The lowest BCUT2D eigenvalue weighted by atomic mass is 10.0. The molecule has 0 bridgehead atoms. The van der Waals surface area contributed by atoms with E-state index < -0.39 is 0 Å². The molecule has 3 aromatic rings. The highest BCUT2D eigenvalue weighted by Crippen LogP contribution is 2.41. The lowest BCUT2D eigenvalue weighted by Gasteiger charge is -2.27. The first kappa shape index (κ1) is 26.7. The summed E-state index contributed by atoms with van der Waals surface area (Å²) in [5.74, 6) is 0.186. The van der Waals surface area contributed by atoms with Crippen LogP contribution in [0.25, 0.3) is 16.6 Å². The van der Waals surface area contributed by atoms with Crippen LogP contribution in [0.4, 0.5) is 0 Å². The molecule has 1 aliphatic heterocycles.